The molecule has 0 unspecified atom stereocenters. The van der Waals surface area contributed by atoms with Crippen LogP contribution in [-0.4, -0.2) is 81.3 Å². The van der Waals surface area contributed by atoms with E-state index < -0.39 is 11.7 Å². The number of benzene rings is 2. The van der Waals surface area contributed by atoms with Crippen LogP contribution in [0.1, 0.15) is 49.8 Å². The first kappa shape index (κ1) is 31.0. The number of nitrogens with zero attached hydrogens (tertiary/aromatic N) is 3. The maximum atomic E-state index is 13.9. The van der Waals surface area contributed by atoms with E-state index in [0.29, 0.717) is 25.2 Å². The van der Waals surface area contributed by atoms with Crippen molar-refractivity contribution in [2.45, 2.75) is 61.5 Å². The zero-order valence-electron chi connectivity index (χ0n) is 22.6. The molecule has 0 atom stereocenters. The molecule has 40 heavy (non-hydrogen) atoms. The molecule has 2 aromatic rings. The Kier molecular flexibility index (Phi) is 10.7. The second kappa shape index (κ2) is 13.8. The molecule has 0 saturated carbocycles. The fourth-order valence-corrected chi connectivity index (χ4v) is 7.16. The summed E-state index contributed by atoms with van der Waals surface area (Å²) in [6.45, 7) is 8.76. The smallest absolute Gasteiger partial charge is 0.382 e. The van der Waals surface area contributed by atoms with E-state index in [1.54, 1.807) is 0 Å². The Labute approximate surface area is 241 Å². The average Bonchev–Trinajstić information content (AvgIpc) is 3.46. The van der Waals surface area contributed by atoms with Crippen molar-refractivity contribution in [2.75, 3.05) is 75.7 Å². The normalized spacial score (nSPS) is 18.0. The molecule has 2 aromatic carbocycles. The first-order valence-electron chi connectivity index (χ1n) is 14.3. The van der Waals surface area contributed by atoms with E-state index in [1.165, 1.54) is 48.0 Å². The van der Waals surface area contributed by atoms with Crippen LogP contribution in [0.3, 0.4) is 0 Å². The Hall–Kier alpha value is -1.98. The molecule has 222 valence electrons. The van der Waals surface area contributed by atoms with Crippen molar-refractivity contribution in [3.8, 4) is 0 Å². The van der Waals surface area contributed by atoms with Crippen LogP contribution in [0.5, 0.6) is 0 Å². The van der Waals surface area contributed by atoms with Gasteiger partial charge in [0, 0.05) is 99.1 Å². The zero-order valence-corrected chi connectivity index (χ0v) is 23.4. The van der Waals surface area contributed by atoms with Gasteiger partial charge in [-0.3, -0.25) is 4.90 Å². The molecule has 0 amide bonds. The fraction of sp³-hybridized carbons (Fsp3) is 0.600. The summed E-state index contributed by atoms with van der Waals surface area (Å²) in [4.78, 5) is 8.89. The third-order valence-corrected chi connectivity index (χ3v) is 9.40. The first-order chi connectivity index (χ1) is 18.8. The van der Waals surface area contributed by atoms with E-state index in [2.05, 4.69) is 38.2 Å². The Morgan fingerprint density at radius 2 is 1.62 bits per heavy atom. The van der Waals surface area contributed by atoms with Crippen LogP contribution in [-0.2, 0) is 12.6 Å². The van der Waals surface area contributed by atoms with Crippen LogP contribution in [0.15, 0.2) is 40.1 Å². The molecular weight excluding hydrogens is 533 g/mol. The highest BCUT2D eigenvalue weighted by molar-refractivity contribution is 7.99. The minimum Gasteiger partial charge on any atom is -0.382 e. The van der Waals surface area contributed by atoms with E-state index >= 15 is 0 Å². The second-order valence-electron chi connectivity index (χ2n) is 10.9. The van der Waals surface area contributed by atoms with Crippen molar-refractivity contribution in [3.05, 3.63) is 47.0 Å². The summed E-state index contributed by atoms with van der Waals surface area (Å²) in [5, 5.41) is 3.54. The van der Waals surface area contributed by atoms with Crippen LogP contribution < -0.4 is 21.7 Å². The standard InChI is InChI=1S/C29H41F3N6S.CH4/c30-29(31,32)22-18-26(35-23-5-11-36(12-6-23)15-16-37(13-7-33)14-8-34)25-17-21-3-4-24(38-9-1-2-10-38)20-27(21)39-28(25)19-22;/h3-4,18-20,23,35H,1-2,5-17,33-34H2;1H4. The second-order valence-corrected chi connectivity index (χ2v) is 12.0. The van der Waals surface area contributed by atoms with E-state index in [4.69, 9.17) is 11.5 Å². The van der Waals surface area contributed by atoms with Gasteiger partial charge in [-0.2, -0.15) is 13.2 Å². The van der Waals surface area contributed by atoms with Crippen LogP contribution in [0.25, 0.3) is 0 Å². The monoisotopic (exact) mass is 578 g/mol. The molecule has 3 aliphatic rings. The van der Waals surface area contributed by atoms with Crippen LogP contribution >= 0.6 is 11.8 Å². The average molecular weight is 579 g/mol. The van der Waals surface area contributed by atoms with Gasteiger partial charge in [-0.25, -0.2) is 0 Å². The van der Waals surface area contributed by atoms with Crippen LogP contribution in [0, 0.1) is 0 Å². The highest BCUT2D eigenvalue weighted by Crippen LogP contribution is 2.46. The lowest BCUT2D eigenvalue weighted by Crippen LogP contribution is -2.44. The summed E-state index contributed by atoms with van der Waals surface area (Å²) in [5.41, 5.74) is 14.9. The van der Waals surface area contributed by atoms with Gasteiger partial charge in [0.25, 0.3) is 0 Å². The molecule has 6 nitrogen and oxygen atoms in total. The number of rotatable bonds is 10. The number of alkyl halides is 3. The number of nitrogens with two attached hydrogens (primary N) is 2. The topological polar surface area (TPSA) is 73.8 Å². The Morgan fingerprint density at radius 1 is 0.925 bits per heavy atom. The van der Waals surface area contributed by atoms with Crippen molar-refractivity contribution in [2.24, 2.45) is 11.5 Å². The number of nitrogens with one attached hydrogen (secondary N) is 1. The molecule has 0 spiro atoms. The number of likely N-dealkylation sites (tertiary alicyclic amines) is 1. The zero-order chi connectivity index (χ0) is 27.4. The highest BCUT2D eigenvalue weighted by atomic mass is 32.2. The number of hydrogen-bond acceptors (Lipinski definition) is 7. The van der Waals surface area contributed by atoms with Gasteiger partial charge in [0.05, 0.1) is 5.56 Å². The lowest BCUT2D eigenvalue weighted by atomic mass is 9.98. The van der Waals surface area contributed by atoms with Crippen molar-refractivity contribution in [3.63, 3.8) is 0 Å². The van der Waals surface area contributed by atoms with Crippen molar-refractivity contribution < 1.29 is 13.2 Å². The minimum atomic E-state index is -4.38. The molecule has 3 aliphatic heterocycles. The number of fused-ring (bicyclic) bond motifs is 2. The van der Waals surface area contributed by atoms with Gasteiger partial charge in [0.1, 0.15) is 0 Å². The van der Waals surface area contributed by atoms with E-state index in [-0.39, 0.29) is 13.5 Å². The van der Waals surface area contributed by atoms with Crippen LogP contribution in [0.4, 0.5) is 24.5 Å². The number of halogens is 3. The lowest BCUT2D eigenvalue weighted by molar-refractivity contribution is -0.137. The number of piperidine rings is 1. The van der Waals surface area contributed by atoms with E-state index in [9.17, 15) is 13.2 Å². The molecule has 5 rings (SSSR count). The largest absolute Gasteiger partial charge is 0.416 e. The van der Waals surface area contributed by atoms with Gasteiger partial charge in [0.15, 0.2) is 0 Å². The van der Waals surface area contributed by atoms with Crippen LogP contribution in [0.2, 0.25) is 0 Å². The summed E-state index contributed by atoms with van der Waals surface area (Å²) < 4.78 is 41.8. The molecular formula is C30H45F3N6S. The molecule has 0 bridgehead atoms. The molecule has 0 aromatic heterocycles. The Balaban J connectivity index is 0.00000370. The summed E-state index contributed by atoms with van der Waals surface area (Å²) in [6, 6.07) is 9.32. The molecule has 2 fully saturated rings. The van der Waals surface area contributed by atoms with Gasteiger partial charge in [-0.05, 0) is 61.1 Å². The highest BCUT2D eigenvalue weighted by Gasteiger charge is 2.34. The predicted molar refractivity (Wildman–Crippen MR) is 161 cm³/mol. The maximum Gasteiger partial charge on any atom is 0.416 e. The molecule has 0 aliphatic carbocycles. The molecule has 0 radical (unpaired) electrons. The molecule has 10 heteroatoms. The summed E-state index contributed by atoms with van der Waals surface area (Å²) in [6.07, 6.45) is 0.457. The predicted octanol–water partition coefficient (Wildman–Crippen LogP) is 5.09. The van der Waals surface area contributed by atoms with Crippen molar-refractivity contribution >= 4 is 23.1 Å². The van der Waals surface area contributed by atoms with E-state index in [1.807, 2.05) is 0 Å². The summed E-state index contributed by atoms with van der Waals surface area (Å²) >= 11 is 1.48. The summed E-state index contributed by atoms with van der Waals surface area (Å²) in [5.74, 6) is 0. The first-order valence-corrected chi connectivity index (χ1v) is 15.1. The Bertz CT molecular complexity index is 1110. The van der Waals surface area contributed by atoms with E-state index in [0.717, 1.165) is 80.6 Å². The minimum absolute atomic E-state index is 0. The van der Waals surface area contributed by atoms with Gasteiger partial charge in [0.2, 0.25) is 0 Å². The molecule has 2 saturated heterocycles. The van der Waals surface area contributed by atoms with Crippen molar-refractivity contribution in [1.82, 2.24) is 9.80 Å². The van der Waals surface area contributed by atoms with Gasteiger partial charge < -0.3 is 26.6 Å². The third kappa shape index (κ3) is 7.45. The number of anilines is 2. The fourth-order valence-electron chi connectivity index (χ4n) is 5.98. The summed E-state index contributed by atoms with van der Waals surface area (Å²) in [7, 11) is 0. The van der Waals surface area contributed by atoms with Gasteiger partial charge in [-0.1, -0.05) is 25.3 Å². The van der Waals surface area contributed by atoms with Gasteiger partial charge >= 0.3 is 6.18 Å². The van der Waals surface area contributed by atoms with Crippen molar-refractivity contribution in [1.29, 1.82) is 0 Å². The molecule has 5 N–H and O–H groups in total. The quantitative estimate of drug-likeness (QED) is 0.309. The Morgan fingerprint density at radius 3 is 2.27 bits per heavy atom. The number of hydrogen-bond donors (Lipinski definition) is 3. The van der Waals surface area contributed by atoms with Gasteiger partial charge in [-0.15, -0.1) is 0 Å². The molecule has 3 heterocycles. The SMILES string of the molecule is C.NCCN(CCN)CCN1CCC(Nc2cc(C(F)(F)F)cc3c2Cc2ccc(N4CCCC4)cc2S3)CC1. The maximum absolute atomic E-state index is 13.9. The lowest BCUT2D eigenvalue weighted by Gasteiger charge is -2.35. The third-order valence-electron chi connectivity index (χ3n) is 8.22.